The van der Waals surface area contributed by atoms with Crippen molar-refractivity contribution in [3.05, 3.63) is 49.7 Å². The highest BCUT2D eigenvalue weighted by Gasteiger charge is 2.13. The molecule has 2 aromatic rings. The van der Waals surface area contributed by atoms with E-state index in [4.69, 9.17) is 10.6 Å². The van der Waals surface area contributed by atoms with Crippen molar-refractivity contribution in [2.45, 2.75) is 12.5 Å². The van der Waals surface area contributed by atoms with E-state index >= 15 is 0 Å². The van der Waals surface area contributed by atoms with Crippen LogP contribution >= 0.6 is 33.9 Å². The van der Waals surface area contributed by atoms with Crippen LogP contribution in [0.5, 0.6) is 5.75 Å². The Morgan fingerprint density at radius 1 is 1.39 bits per heavy atom. The summed E-state index contributed by atoms with van der Waals surface area (Å²) in [5.74, 6) is 6.53. The van der Waals surface area contributed by atoms with Gasteiger partial charge in [-0.15, -0.1) is 11.3 Å². The van der Waals surface area contributed by atoms with Gasteiger partial charge in [-0.25, -0.2) is 0 Å². The predicted molar refractivity (Wildman–Crippen MR) is 83.8 cm³/mol. The van der Waals surface area contributed by atoms with Crippen LogP contribution in [0.15, 0.2) is 35.7 Å². The third-order valence-electron chi connectivity index (χ3n) is 2.73. The highest BCUT2D eigenvalue weighted by Crippen LogP contribution is 2.28. The Kier molecular flexibility index (Phi) is 4.99. The van der Waals surface area contributed by atoms with Gasteiger partial charge in [0.15, 0.2) is 0 Å². The first-order valence-electron chi connectivity index (χ1n) is 5.56. The largest absolute Gasteiger partial charge is 0.496 e. The molecule has 0 bridgehead atoms. The Labute approximate surface area is 124 Å². The molecule has 0 fully saturated rings. The minimum absolute atomic E-state index is 0.124. The fraction of sp³-hybridized carbons (Fsp3) is 0.231. The standard InChI is InChI=1S/C13H15IN2OS/c1-17-11-7-13(18-8-11)12(16-15)6-9-2-4-10(14)5-3-9/h2-5,7-8,12,16H,6,15H2,1H3. The number of nitrogens with one attached hydrogen (secondary N) is 1. The zero-order chi connectivity index (χ0) is 13.0. The average Bonchev–Trinajstić information content (AvgIpc) is 2.87. The Bertz CT molecular complexity index is 498. The van der Waals surface area contributed by atoms with Gasteiger partial charge in [-0.3, -0.25) is 11.3 Å². The topological polar surface area (TPSA) is 47.3 Å². The molecule has 0 aliphatic heterocycles. The minimum atomic E-state index is 0.124. The van der Waals surface area contributed by atoms with Gasteiger partial charge >= 0.3 is 0 Å². The van der Waals surface area contributed by atoms with Crippen LogP contribution in [0.4, 0.5) is 0 Å². The molecule has 0 saturated carbocycles. The van der Waals surface area contributed by atoms with Crippen molar-refractivity contribution in [2.24, 2.45) is 5.84 Å². The van der Waals surface area contributed by atoms with Crippen molar-refractivity contribution in [2.75, 3.05) is 7.11 Å². The summed E-state index contributed by atoms with van der Waals surface area (Å²) in [5, 5.41) is 1.99. The fourth-order valence-electron chi connectivity index (χ4n) is 1.72. The van der Waals surface area contributed by atoms with Crippen molar-refractivity contribution >= 4 is 33.9 Å². The van der Waals surface area contributed by atoms with Crippen molar-refractivity contribution in [3.63, 3.8) is 0 Å². The third-order valence-corrected chi connectivity index (χ3v) is 4.47. The monoisotopic (exact) mass is 374 g/mol. The molecule has 0 aliphatic carbocycles. The third kappa shape index (κ3) is 3.44. The number of thiophene rings is 1. The molecular formula is C13H15IN2OS. The van der Waals surface area contributed by atoms with Gasteiger partial charge in [0.2, 0.25) is 0 Å². The Balaban J connectivity index is 2.11. The van der Waals surface area contributed by atoms with Gasteiger partial charge in [-0.1, -0.05) is 12.1 Å². The van der Waals surface area contributed by atoms with E-state index in [1.807, 2.05) is 11.4 Å². The Hall–Kier alpha value is -0.630. The molecule has 0 spiro atoms. The van der Waals surface area contributed by atoms with E-state index in [9.17, 15) is 0 Å². The first-order chi connectivity index (χ1) is 8.72. The van der Waals surface area contributed by atoms with E-state index in [-0.39, 0.29) is 6.04 Å². The summed E-state index contributed by atoms with van der Waals surface area (Å²) in [6, 6.07) is 10.6. The number of benzene rings is 1. The first-order valence-corrected chi connectivity index (χ1v) is 7.51. The van der Waals surface area contributed by atoms with Crippen LogP contribution in [0.1, 0.15) is 16.5 Å². The van der Waals surface area contributed by atoms with Crippen molar-refractivity contribution in [3.8, 4) is 5.75 Å². The molecule has 0 radical (unpaired) electrons. The van der Waals surface area contributed by atoms with Gasteiger partial charge in [-0.2, -0.15) is 0 Å². The van der Waals surface area contributed by atoms with Crippen LogP contribution in [-0.2, 0) is 6.42 Å². The fourth-order valence-corrected chi connectivity index (χ4v) is 3.00. The minimum Gasteiger partial charge on any atom is -0.496 e. The summed E-state index contributed by atoms with van der Waals surface area (Å²) >= 11 is 3.96. The molecule has 18 heavy (non-hydrogen) atoms. The van der Waals surface area contributed by atoms with Crippen LogP contribution in [0.2, 0.25) is 0 Å². The molecule has 0 aliphatic rings. The van der Waals surface area contributed by atoms with E-state index in [1.165, 1.54) is 14.0 Å². The van der Waals surface area contributed by atoms with Crippen LogP contribution in [-0.4, -0.2) is 7.11 Å². The second kappa shape index (κ2) is 6.51. The maximum atomic E-state index is 5.65. The molecular weight excluding hydrogens is 359 g/mol. The van der Waals surface area contributed by atoms with Crippen molar-refractivity contribution in [1.82, 2.24) is 5.43 Å². The highest BCUT2D eigenvalue weighted by atomic mass is 127. The highest BCUT2D eigenvalue weighted by molar-refractivity contribution is 14.1. The summed E-state index contributed by atoms with van der Waals surface area (Å²) in [7, 11) is 1.68. The molecule has 2 rings (SSSR count). The van der Waals surface area contributed by atoms with Crippen molar-refractivity contribution in [1.29, 1.82) is 0 Å². The number of halogens is 1. The zero-order valence-electron chi connectivity index (χ0n) is 10.0. The van der Waals surface area contributed by atoms with E-state index in [2.05, 4.69) is 52.3 Å². The van der Waals surface area contributed by atoms with Gasteiger partial charge < -0.3 is 4.74 Å². The Morgan fingerprint density at radius 3 is 2.67 bits per heavy atom. The molecule has 3 N–H and O–H groups in total. The molecule has 0 saturated heterocycles. The van der Waals surface area contributed by atoms with Crippen LogP contribution in [0, 0.1) is 3.57 Å². The van der Waals surface area contributed by atoms with Crippen LogP contribution in [0.25, 0.3) is 0 Å². The van der Waals surface area contributed by atoms with Gasteiger partial charge in [0.25, 0.3) is 0 Å². The summed E-state index contributed by atoms with van der Waals surface area (Å²) in [6.07, 6.45) is 0.872. The molecule has 96 valence electrons. The number of nitrogens with two attached hydrogens (primary N) is 1. The summed E-state index contributed by atoms with van der Waals surface area (Å²) < 4.78 is 6.44. The van der Waals surface area contributed by atoms with Crippen LogP contribution < -0.4 is 16.0 Å². The maximum absolute atomic E-state index is 5.65. The summed E-state index contributed by atoms with van der Waals surface area (Å²) in [5.41, 5.74) is 4.14. The van der Waals surface area contributed by atoms with Gasteiger partial charge in [-0.05, 0) is 52.8 Å². The SMILES string of the molecule is COc1csc(C(Cc2ccc(I)cc2)NN)c1. The van der Waals surface area contributed by atoms with E-state index in [0.717, 1.165) is 12.2 Å². The summed E-state index contributed by atoms with van der Waals surface area (Å²) in [6.45, 7) is 0. The average molecular weight is 374 g/mol. The van der Waals surface area contributed by atoms with E-state index < -0.39 is 0 Å². The molecule has 0 amide bonds. The molecule has 3 nitrogen and oxygen atoms in total. The molecule has 1 heterocycles. The number of hydrogen-bond acceptors (Lipinski definition) is 4. The predicted octanol–water partition coefficient (Wildman–Crippen LogP) is 3.11. The Morgan fingerprint density at radius 2 is 2.11 bits per heavy atom. The number of hydrogen-bond donors (Lipinski definition) is 2. The normalized spacial score (nSPS) is 12.4. The number of methoxy groups -OCH3 is 1. The lowest BCUT2D eigenvalue weighted by Crippen LogP contribution is -2.28. The van der Waals surface area contributed by atoms with Crippen LogP contribution in [0.3, 0.4) is 0 Å². The van der Waals surface area contributed by atoms with Crippen molar-refractivity contribution < 1.29 is 4.74 Å². The van der Waals surface area contributed by atoms with E-state index in [0.29, 0.717) is 0 Å². The number of ether oxygens (including phenoxy) is 1. The van der Waals surface area contributed by atoms with Gasteiger partial charge in [0.1, 0.15) is 5.75 Å². The zero-order valence-corrected chi connectivity index (χ0v) is 13.0. The smallest absolute Gasteiger partial charge is 0.129 e. The molecule has 5 heteroatoms. The quantitative estimate of drug-likeness (QED) is 0.480. The lowest BCUT2D eigenvalue weighted by Gasteiger charge is -2.14. The molecule has 1 aromatic carbocycles. The second-order valence-electron chi connectivity index (χ2n) is 3.94. The first kappa shape index (κ1) is 13.8. The lowest BCUT2D eigenvalue weighted by molar-refractivity contribution is 0.415. The number of hydrazine groups is 1. The second-order valence-corrected chi connectivity index (χ2v) is 6.13. The lowest BCUT2D eigenvalue weighted by atomic mass is 10.1. The van der Waals surface area contributed by atoms with Gasteiger partial charge in [0.05, 0.1) is 13.2 Å². The van der Waals surface area contributed by atoms with Gasteiger partial charge in [0, 0.05) is 13.8 Å². The maximum Gasteiger partial charge on any atom is 0.129 e. The molecule has 1 unspecified atom stereocenters. The number of rotatable bonds is 5. The summed E-state index contributed by atoms with van der Waals surface area (Å²) in [4.78, 5) is 1.19. The molecule has 1 atom stereocenters. The van der Waals surface area contributed by atoms with E-state index in [1.54, 1.807) is 18.4 Å². The molecule has 1 aromatic heterocycles.